The second-order valence-corrected chi connectivity index (χ2v) is 4.01. The molecule has 2 rings (SSSR count). The highest BCUT2D eigenvalue weighted by Gasteiger charge is 2.08. The molecule has 2 N–H and O–H groups in total. The highest BCUT2D eigenvalue weighted by molar-refractivity contribution is 6.18. The van der Waals surface area contributed by atoms with E-state index in [0.29, 0.717) is 24.6 Å². The van der Waals surface area contributed by atoms with Crippen LogP contribution in [-0.4, -0.2) is 37.9 Å². The minimum absolute atomic E-state index is 0.0951. The Balaban J connectivity index is 2.06. The molecule has 0 aliphatic carbocycles. The van der Waals surface area contributed by atoms with Crippen LogP contribution in [0.3, 0.4) is 0 Å². The summed E-state index contributed by atoms with van der Waals surface area (Å²) in [5.41, 5.74) is 0.466. The number of carbonyl (C=O) groups is 1. The minimum atomic E-state index is -0.287. The molecule has 2 aromatic heterocycles. The fourth-order valence-electron chi connectivity index (χ4n) is 1.55. The minimum Gasteiger partial charge on any atom is -0.355 e. The van der Waals surface area contributed by atoms with E-state index in [2.05, 4.69) is 20.3 Å². The van der Waals surface area contributed by atoms with Gasteiger partial charge in [0.15, 0.2) is 11.2 Å². The Morgan fingerprint density at radius 3 is 3.11 bits per heavy atom. The summed E-state index contributed by atoms with van der Waals surface area (Å²) < 4.78 is 1.67. The number of hydrogen-bond donors (Lipinski definition) is 2. The van der Waals surface area contributed by atoms with Crippen molar-refractivity contribution in [1.29, 1.82) is 0 Å². The van der Waals surface area contributed by atoms with Crippen molar-refractivity contribution in [2.24, 2.45) is 0 Å². The van der Waals surface area contributed by atoms with Crippen LogP contribution in [0, 0.1) is 0 Å². The van der Waals surface area contributed by atoms with E-state index in [9.17, 15) is 9.59 Å². The standard InChI is InChI=1S/C10H12ClN5O2/c11-2-3-12-7(17)1-4-16-6-15-8-9(16)13-5-14-10(8)18/h5-6H,1-4H2,(H,12,17)(H,13,14,18). The summed E-state index contributed by atoms with van der Waals surface area (Å²) in [5, 5.41) is 2.66. The van der Waals surface area contributed by atoms with Crippen molar-refractivity contribution in [1.82, 2.24) is 24.8 Å². The monoisotopic (exact) mass is 269 g/mol. The highest BCUT2D eigenvalue weighted by Crippen LogP contribution is 2.04. The van der Waals surface area contributed by atoms with Crippen LogP contribution < -0.4 is 10.9 Å². The van der Waals surface area contributed by atoms with Crippen LogP contribution in [0.2, 0.25) is 0 Å². The van der Waals surface area contributed by atoms with E-state index in [1.807, 2.05) is 0 Å². The van der Waals surface area contributed by atoms with Gasteiger partial charge in [0, 0.05) is 25.4 Å². The molecule has 96 valence electrons. The van der Waals surface area contributed by atoms with Crippen LogP contribution in [0.25, 0.3) is 11.2 Å². The first-order chi connectivity index (χ1) is 8.72. The average molecular weight is 270 g/mol. The lowest BCUT2D eigenvalue weighted by Gasteiger charge is -2.04. The number of nitrogens with zero attached hydrogens (tertiary/aromatic N) is 3. The number of halogens is 1. The molecule has 2 aromatic rings. The van der Waals surface area contributed by atoms with Crippen LogP contribution in [-0.2, 0) is 11.3 Å². The van der Waals surface area contributed by atoms with E-state index in [0.717, 1.165) is 0 Å². The number of imidazole rings is 1. The summed E-state index contributed by atoms with van der Waals surface area (Å²) in [6, 6.07) is 0. The molecule has 8 heteroatoms. The van der Waals surface area contributed by atoms with Crippen LogP contribution in [0.5, 0.6) is 0 Å². The number of hydrogen-bond acceptors (Lipinski definition) is 4. The zero-order chi connectivity index (χ0) is 13.0. The van der Waals surface area contributed by atoms with E-state index in [4.69, 9.17) is 11.6 Å². The van der Waals surface area contributed by atoms with Gasteiger partial charge < -0.3 is 14.9 Å². The van der Waals surface area contributed by atoms with Crippen LogP contribution in [0.15, 0.2) is 17.4 Å². The SMILES string of the molecule is O=C(CCn1cnc2c(=O)[nH]cnc21)NCCCl. The van der Waals surface area contributed by atoms with E-state index in [1.54, 1.807) is 4.57 Å². The first-order valence-electron chi connectivity index (χ1n) is 5.43. The summed E-state index contributed by atoms with van der Waals surface area (Å²) in [4.78, 5) is 33.3. The van der Waals surface area contributed by atoms with Crippen molar-refractivity contribution in [2.75, 3.05) is 12.4 Å². The largest absolute Gasteiger partial charge is 0.355 e. The summed E-state index contributed by atoms with van der Waals surface area (Å²) in [5.74, 6) is 0.291. The maximum absolute atomic E-state index is 11.4. The Morgan fingerprint density at radius 2 is 2.33 bits per heavy atom. The normalized spacial score (nSPS) is 10.7. The Kier molecular flexibility index (Phi) is 3.93. The van der Waals surface area contributed by atoms with Crippen molar-refractivity contribution in [3.05, 3.63) is 23.0 Å². The molecule has 7 nitrogen and oxygen atoms in total. The number of amides is 1. The fourth-order valence-corrected chi connectivity index (χ4v) is 1.65. The number of H-pyrrole nitrogens is 1. The van der Waals surface area contributed by atoms with E-state index >= 15 is 0 Å². The molecule has 0 spiro atoms. The van der Waals surface area contributed by atoms with Gasteiger partial charge >= 0.3 is 0 Å². The molecule has 1 amide bonds. The molecule has 2 heterocycles. The molecule has 0 saturated carbocycles. The highest BCUT2D eigenvalue weighted by atomic mass is 35.5. The number of aryl methyl sites for hydroxylation is 1. The Hall–Kier alpha value is -1.89. The topological polar surface area (TPSA) is 92.7 Å². The number of aromatic nitrogens is 4. The lowest BCUT2D eigenvalue weighted by molar-refractivity contribution is -0.121. The smallest absolute Gasteiger partial charge is 0.278 e. The maximum Gasteiger partial charge on any atom is 0.278 e. The van der Waals surface area contributed by atoms with Gasteiger partial charge in [-0.05, 0) is 0 Å². The van der Waals surface area contributed by atoms with Crippen molar-refractivity contribution < 1.29 is 4.79 Å². The number of aromatic amines is 1. The van der Waals surface area contributed by atoms with Crippen molar-refractivity contribution in [3.63, 3.8) is 0 Å². The number of carbonyl (C=O) groups excluding carboxylic acids is 1. The molecular formula is C10H12ClN5O2. The Morgan fingerprint density at radius 1 is 1.50 bits per heavy atom. The third-order valence-corrected chi connectivity index (χ3v) is 2.59. The average Bonchev–Trinajstić information content (AvgIpc) is 2.78. The first-order valence-corrected chi connectivity index (χ1v) is 5.97. The maximum atomic E-state index is 11.4. The molecular weight excluding hydrogens is 258 g/mol. The van der Waals surface area contributed by atoms with Gasteiger partial charge in [0.2, 0.25) is 5.91 Å². The summed E-state index contributed by atoms with van der Waals surface area (Å²) in [7, 11) is 0. The number of rotatable bonds is 5. The summed E-state index contributed by atoms with van der Waals surface area (Å²) in [6.45, 7) is 0.865. The summed E-state index contributed by atoms with van der Waals surface area (Å²) >= 11 is 5.46. The zero-order valence-corrected chi connectivity index (χ0v) is 10.3. The van der Waals surface area contributed by atoms with E-state index < -0.39 is 0 Å². The van der Waals surface area contributed by atoms with Gasteiger partial charge in [0.05, 0.1) is 12.7 Å². The molecule has 0 unspecified atom stereocenters. The molecule has 0 radical (unpaired) electrons. The van der Waals surface area contributed by atoms with Gasteiger partial charge in [0.1, 0.15) is 0 Å². The van der Waals surface area contributed by atoms with E-state index in [-0.39, 0.29) is 23.4 Å². The van der Waals surface area contributed by atoms with Crippen LogP contribution in [0.1, 0.15) is 6.42 Å². The number of fused-ring (bicyclic) bond motifs is 1. The predicted octanol–water partition coefficient (Wildman–Crippen LogP) is -0.135. The van der Waals surface area contributed by atoms with Gasteiger partial charge in [-0.1, -0.05) is 0 Å². The quantitative estimate of drug-likeness (QED) is 0.739. The number of nitrogens with one attached hydrogen (secondary N) is 2. The second kappa shape index (κ2) is 5.63. The third kappa shape index (κ3) is 2.67. The van der Waals surface area contributed by atoms with Gasteiger partial charge in [-0.2, -0.15) is 0 Å². The Bertz CT molecular complexity index is 606. The third-order valence-electron chi connectivity index (χ3n) is 2.40. The lowest BCUT2D eigenvalue weighted by atomic mass is 10.4. The van der Waals surface area contributed by atoms with Gasteiger partial charge in [-0.15, -0.1) is 11.6 Å². The van der Waals surface area contributed by atoms with Crippen molar-refractivity contribution in [3.8, 4) is 0 Å². The molecule has 18 heavy (non-hydrogen) atoms. The molecule has 0 fully saturated rings. The molecule has 0 aliphatic rings. The Labute approximate surface area is 107 Å². The zero-order valence-electron chi connectivity index (χ0n) is 9.52. The van der Waals surface area contributed by atoms with Crippen molar-refractivity contribution >= 4 is 28.7 Å². The fraction of sp³-hybridized carbons (Fsp3) is 0.400. The van der Waals surface area contributed by atoms with Crippen LogP contribution in [0.4, 0.5) is 0 Å². The first kappa shape index (κ1) is 12.6. The number of alkyl halides is 1. The van der Waals surface area contributed by atoms with Gasteiger partial charge in [-0.25, -0.2) is 9.97 Å². The van der Waals surface area contributed by atoms with E-state index in [1.165, 1.54) is 12.7 Å². The lowest BCUT2D eigenvalue weighted by Crippen LogP contribution is -2.26. The molecule has 0 aromatic carbocycles. The van der Waals surface area contributed by atoms with Gasteiger partial charge in [0.25, 0.3) is 5.56 Å². The van der Waals surface area contributed by atoms with Gasteiger partial charge in [-0.3, -0.25) is 9.59 Å². The molecule has 0 aliphatic heterocycles. The predicted molar refractivity (Wildman–Crippen MR) is 66.5 cm³/mol. The second-order valence-electron chi connectivity index (χ2n) is 3.63. The molecule has 0 saturated heterocycles. The van der Waals surface area contributed by atoms with Crippen LogP contribution >= 0.6 is 11.6 Å². The van der Waals surface area contributed by atoms with Crippen molar-refractivity contribution in [2.45, 2.75) is 13.0 Å². The molecule has 0 bridgehead atoms. The molecule has 0 atom stereocenters. The summed E-state index contributed by atoms with van der Waals surface area (Å²) in [6.07, 6.45) is 3.11.